The van der Waals surface area contributed by atoms with Gasteiger partial charge >= 0.3 is 0 Å². The molecule has 0 aliphatic heterocycles. The molecule has 0 amide bonds. The van der Waals surface area contributed by atoms with Crippen LogP contribution in [0.25, 0.3) is 6.08 Å². The number of aliphatic hydroxyl groups is 1. The van der Waals surface area contributed by atoms with E-state index < -0.39 is 11.6 Å². The first-order chi connectivity index (χ1) is 6.15. The monoisotopic (exact) mass is 248 g/mol. The molecular weight excluding hydrogens is 242 g/mol. The van der Waals surface area contributed by atoms with Gasteiger partial charge in [-0.3, -0.25) is 0 Å². The van der Waals surface area contributed by atoms with Crippen molar-refractivity contribution in [2.45, 2.75) is 0 Å². The van der Waals surface area contributed by atoms with Crippen molar-refractivity contribution in [2.75, 3.05) is 6.61 Å². The summed E-state index contributed by atoms with van der Waals surface area (Å²) in [4.78, 5) is 0. The summed E-state index contributed by atoms with van der Waals surface area (Å²) in [5.74, 6) is -1.31. The topological polar surface area (TPSA) is 20.2 Å². The summed E-state index contributed by atoms with van der Waals surface area (Å²) in [5, 5.41) is 8.42. The van der Waals surface area contributed by atoms with E-state index in [9.17, 15) is 8.78 Å². The highest BCUT2D eigenvalue weighted by molar-refractivity contribution is 9.10. The van der Waals surface area contributed by atoms with Crippen LogP contribution >= 0.6 is 15.9 Å². The van der Waals surface area contributed by atoms with E-state index in [2.05, 4.69) is 15.9 Å². The Morgan fingerprint density at radius 3 is 2.31 bits per heavy atom. The summed E-state index contributed by atoms with van der Waals surface area (Å²) in [7, 11) is 0. The van der Waals surface area contributed by atoms with Gasteiger partial charge in [0.15, 0.2) is 0 Å². The molecule has 1 rings (SSSR count). The standard InChI is InChI=1S/C9H7BrF2O/c10-6-4-8(11)7(2-1-3-13)9(12)5-6/h1-2,4-5,13H,3H2. The maximum Gasteiger partial charge on any atom is 0.134 e. The highest BCUT2D eigenvalue weighted by Crippen LogP contribution is 2.20. The van der Waals surface area contributed by atoms with E-state index in [1.807, 2.05) is 0 Å². The third-order valence-electron chi connectivity index (χ3n) is 1.43. The van der Waals surface area contributed by atoms with Crippen LogP contribution < -0.4 is 0 Å². The Kier molecular flexibility index (Phi) is 3.57. The first-order valence-corrected chi connectivity index (χ1v) is 4.36. The first kappa shape index (κ1) is 10.3. The minimum absolute atomic E-state index is 0.141. The van der Waals surface area contributed by atoms with Crippen molar-refractivity contribution in [1.29, 1.82) is 0 Å². The number of hydrogen-bond acceptors (Lipinski definition) is 1. The molecule has 1 N–H and O–H groups in total. The number of halogens is 3. The average Bonchev–Trinajstić information content (AvgIpc) is 2.02. The lowest BCUT2D eigenvalue weighted by atomic mass is 10.2. The zero-order valence-corrected chi connectivity index (χ0v) is 8.18. The van der Waals surface area contributed by atoms with Gasteiger partial charge in [0.25, 0.3) is 0 Å². The van der Waals surface area contributed by atoms with Crippen LogP contribution in [0.15, 0.2) is 22.7 Å². The molecule has 0 atom stereocenters. The van der Waals surface area contributed by atoms with Crippen molar-refractivity contribution in [1.82, 2.24) is 0 Å². The summed E-state index contributed by atoms with van der Waals surface area (Å²) < 4.78 is 26.4. The van der Waals surface area contributed by atoms with Crippen LogP contribution in [-0.4, -0.2) is 11.7 Å². The van der Waals surface area contributed by atoms with Crippen LogP contribution in [0.3, 0.4) is 0 Å². The van der Waals surface area contributed by atoms with Crippen LogP contribution in [0.2, 0.25) is 0 Å². The lowest BCUT2D eigenvalue weighted by molar-refractivity contribution is 0.343. The van der Waals surface area contributed by atoms with Crippen LogP contribution in [0.5, 0.6) is 0 Å². The molecule has 70 valence electrons. The van der Waals surface area contributed by atoms with Gasteiger partial charge in [0.1, 0.15) is 11.6 Å². The summed E-state index contributed by atoms with van der Waals surface area (Å²) in [6.45, 7) is -0.241. The first-order valence-electron chi connectivity index (χ1n) is 3.57. The molecule has 0 unspecified atom stereocenters. The van der Waals surface area contributed by atoms with Gasteiger partial charge in [0.2, 0.25) is 0 Å². The zero-order valence-electron chi connectivity index (χ0n) is 6.60. The Hall–Kier alpha value is -0.740. The lowest BCUT2D eigenvalue weighted by Gasteiger charge is -1.99. The Morgan fingerprint density at radius 2 is 1.85 bits per heavy atom. The molecule has 0 saturated heterocycles. The van der Waals surface area contributed by atoms with Gasteiger partial charge in [0.05, 0.1) is 6.61 Å². The third kappa shape index (κ3) is 2.60. The van der Waals surface area contributed by atoms with Gasteiger partial charge in [-0.25, -0.2) is 8.78 Å². The number of aliphatic hydroxyl groups excluding tert-OH is 1. The van der Waals surface area contributed by atoms with Gasteiger partial charge < -0.3 is 5.11 Å². The van der Waals surface area contributed by atoms with Gasteiger partial charge in [-0.1, -0.05) is 28.1 Å². The third-order valence-corrected chi connectivity index (χ3v) is 1.89. The molecule has 0 heterocycles. The highest BCUT2D eigenvalue weighted by Gasteiger charge is 2.06. The summed E-state index contributed by atoms with van der Waals surface area (Å²) in [6, 6.07) is 2.33. The van der Waals surface area contributed by atoms with Crippen LogP contribution in [0, 0.1) is 11.6 Å². The Labute approximate surface area is 82.8 Å². The summed E-state index contributed by atoms with van der Waals surface area (Å²) in [5.41, 5.74) is -0.141. The second-order valence-electron chi connectivity index (χ2n) is 2.37. The molecule has 0 saturated carbocycles. The van der Waals surface area contributed by atoms with E-state index in [-0.39, 0.29) is 12.2 Å². The van der Waals surface area contributed by atoms with Crippen LogP contribution in [0.1, 0.15) is 5.56 Å². The van der Waals surface area contributed by atoms with Gasteiger partial charge in [-0.15, -0.1) is 0 Å². The van der Waals surface area contributed by atoms with E-state index in [1.54, 1.807) is 0 Å². The summed E-state index contributed by atoms with van der Waals surface area (Å²) in [6.07, 6.45) is 2.48. The highest BCUT2D eigenvalue weighted by atomic mass is 79.9. The molecule has 0 fully saturated rings. The molecule has 13 heavy (non-hydrogen) atoms. The molecule has 0 aliphatic rings. The van der Waals surface area contributed by atoms with Gasteiger partial charge in [0, 0.05) is 10.0 Å². The van der Waals surface area contributed by atoms with E-state index in [0.717, 1.165) is 0 Å². The lowest BCUT2D eigenvalue weighted by Crippen LogP contribution is -1.89. The smallest absolute Gasteiger partial charge is 0.134 e. The van der Waals surface area contributed by atoms with E-state index in [4.69, 9.17) is 5.11 Å². The van der Waals surface area contributed by atoms with E-state index >= 15 is 0 Å². The Balaban J connectivity index is 3.13. The van der Waals surface area contributed by atoms with Crippen molar-refractivity contribution in [3.8, 4) is 0 Å². The molecule has 1 nitrogen and oxygen atoms in total. The quantitative estimate of drug-likeness (QED) is 0.854. The van der Waals surface area contributed by atoms with Crippen molar-refractivity contribution in [3.63, 3.8) is 0 Å². The number of rotatable bonds is 2. The van der Waals surface area contributed by atoms with Crippen molar-refractivity contribution >= 4 is 22.0 Å². The molecular formula is C9H7BrF2O. The van der Waals surface area contributed by atoms with Crippen molar-refractivity contribution < 1.29 is 13.9 Å². The fourth-order valence-electron chi connectivity index (χ4n) is 0.883. The SMILES string of the molecule is OCC=Cc1c(F)cc(Br)cc1F. The maximum absolute atomic E-state index is 13.0. The predicted octanol–water partition coefficient (Wildman–Crippen LogP) is 2.73. The van der Waals surface area contributed by atoms with Crippen LogP contribution in [0.4, 0.5) is 8.78 Å². The van der Waals surface area contributed by atoms with Crippen molar-refractivity contribution in [2.24, 2.45) is 0 Å². The largest absolute Gasteiger partial charge is 0.392 e. The predicted molar refractivity (Wildman–Crippen MR) is 50.2 cm³/mol. The fraction of sp³-hybridized carbons (Fsp3) is 0.111. The molecule has 0 spiro atoms. The van der Waals surface area contributed by atoms with Gasteiger partial charge in [-0.05, 0) is 12.1 Å². The average molecular weight is 249 g/mol. The molecule has 1 aromatic carbocycles. The number of hydrogen-bond donors (Lipinski definition) is 1. The number of benzene rings is 1. The minimum Gasteiger partial charge on any atom is -0.392 e. The normalized spacial score (nSPS) is 11.1. The molecule has 0 bridgehead atoms. The fourth-order valence-corrected chi connectivity index (χ4v) is 1.29. The summed E-state index contributed by atoms with van der Waals surface area (Å²) >= 11 is 2.96. The van der Waals surface area contributed by atoms with E-state index in [1.165, 1.54) is 24.3 Å². The van der Waals surface area contributed by atoms with Gasteiger partial charge in [-0.2, -0.15) is 0 Å². The second-order valence-corrected chi connectivity index (χ2v) is 3.28. The zero-order chi connectivity index (χ0) is 9.84. The minimum atomic E-state index is -0.656. The van der Waals surface area contributed by atoms with E-state index in [0.29, 0.717) is 4.47 Å². The Bertz CT molecular complexity index is 313. The second kappa shape index (κ2) is 4.48. The van der Waals surface area contributed by atoms with Crippen LogP contribution in [-0.2, 0) is 0 Å². The molecule has 0 radical (unpaired) electrons. The molecule has 1 aromatic rings. The van der Waals surface area contributed by atoms with Crippen molar-refractivity contribution in [3.05, 3.63) is 39.9 Å². The molecule has 0 aromatic heterocycles. The maximum atomic E-state index is 13.0. The Morgan fingerprint density at radius 1 is 1.31 bits per heavy atom. The molecule has 0 aliphatic carbocycles. The molecule has 4 heteroatoms.